The molecule has 0 aliphatic carbocycles. The monoisotopic (exact) mass is 282 g/mol. The summed E-state index contributed by atoms with van der Waals surface area (Å²) in [5, 5.41) is 14.5. The first-order valence-electron chi connectivity index (χ1n) is 7.25. The molecule has 0 spiro atoms. The van der Waals surface area contributed by atoms with Crippen LogP contribution in [0.15, 0.2) is 0 Å². The number of rotatable bonds is 6. The standard InChI is InChI=1S/C14H26N4O2/c1-10-14(15)11(2)18(16-10)8-12(19)7-17(3)9-13-5-4-6-20-13/h12-13,19H,4-9,15H2,1-3H3. The third-order valence-corrected chi connectivity index (χ3v) is 3.88. The number of nitrogens with two attached hydrogens (primary N) is 1. The molecule has 114 valence electrons. The number of hydrogen-bond donors (Lipinski definition) is 2. The first-order chi connectivity index (χ1) is 9.47. The molecule has 1 fully saturated rings. The van der Waals surface area contributed by atoms with Crippen molar-refractivity contribution >= 4 is 5.69 Å². The molecule has 1 aliphatic heterocycles. The van der Waals surface area contributed by atoms with E-state index >= 15 is 0 Å². The number of aliphatic hydroxyl groups is 1. The zero-order valence-corrected chi connectivity index (χ0v) is 12.7. The number of likely N-dealkylation sites (N-methyl/N-ethyl adjacent to an activating group) is 1. The Hall–Kier alpha value is -1.11. The number of nitrogen functional groups attached to an aromatic ring is 1. The van der Waals surface area contributed by atoms with Gasteiger partial charge in [0.05, 0.1) is 35.8 Å². The van der Waals surface area contributed by atoms with Gasteiger partial charge >= 0.3 is 0 Å². The number of anilines is 1. The summed E-state index contributed by atoms with van der Waals surface area (Å²) in [6.45, 7) is 6.63. The topological polar surface area (TPSA) is 76.5 Å². The summed E-state index contributed by atoms with van der Waals surface area (Å²) < 4.78 is 7.39. The van der Waals surface area contributed by atoms with Crippen LogP contribution >= 0.6 is 0 Å². The summed E-state index contributed by atoms with van der Waals surface area (Å²) in [7, 11) is 2.01. The molecule has 1 saturated heterocycles. The fourth-order valence-electron chi connectivity index (χ4n) is 2.72. The smallest absolute Gasteiger partial charge is 0.0862 e. The lowest BCUT2D eigenvalue weighted by molar-refractivity contribution is 0.0548. The zero-order chi connectivity index (χ0) is 14.7. The molecule has 1 aromatic heterocycles. The molecule has 1 aliphatic rings. The van der Waals surface area contributed by atoms with Crippen molar-refractivity contribution in [2.45, 2.75) is 45.4 Å². The van der Waals surface area contributed by atoms with Crippen molar-refractivity contribution in [3.8, 4) is 0 Å². The van der Waals surface area contributed by atoms with Crippen molar-refractivity contribution in [1.82, 2.24) is 14.7 Å². The number of aliphatic hydroxyl groups excluding tert-OH is 1. The largest absolute Gasteiger partial charge is 0.396 e. The normalized spacial score (nSPS) is 20.8. The molecule has 0 aromatic carbocycles. The lowest BCUT2D eigenvalue weighted by atomic mass is 10.2. The van der Waals surface area contributed by atoms with Gasteiger partial charge in [0.2, 0.25) is 0 Å². The third-order valence-electron chi connectivity index (χ3n) is 3.88. The molecule has 2 atom stereocenters. The van der Waals surface area contributed by atoms with Gasteiger partial charge in [0.1, 0.15) is 0 Å². The van der Waals surface area contributed by atoms with Gasteiger partial charge in [0, 0.05) is 19.7 Å². The number of aromatic nitrogens is 2. The minimum Gasteiger partial charge on any atom is -0.396 e. The zero-order valence-electron chi connectivity index (χ0n) is 12.7. The molecule has 0 bridgehead atoms. The summed E-state index contributed by atoms with van der Waals surface area (Å²) in [6, 6.07) is 0. The molecular formula is C14H26N4O2. The number of ether oxygens (including phenoxy) is 1. The molecule has 0 radical (unpaired) electrons. The van der Waals surface area contributed by atoms with E-state index in [9.17, 15) is 5.11 Å². The van der Waals surface area contributed by atoms with Gasteiger partial charge in [-0.3, -0.25) is 4.68 Å². The first kappa shape index (κ1) is 15.3. The van der Waals surface area contributed by atoms with Crippen LogP contribution in [0.25, 0.3) is 0 Å². The highest BCUT2D eigenvalue weighted by molar-refractivity contribution is 5.46. The Bertz CT molecular complexity index is 441. The molecule has 6 nitrogen and oxygen atoms in total. The van der Waals surface area contributed by atoms with E-state index in [0.29, 0.717) is 24.9 Å². The van der Waals surface area contributed by atoms with Gasteiger partial charge in [0.15, 0.2) is 0 Å². The van der Waals surface area contributed by atoms with Crippen molar-refractivity contribution < 1.29 is 9.84 Å². The van der Waals surface area contributed by atoms with Crippen LogP contribution < -0.4 is 5.73 Å². The number of aryl methyl sites for hydroxylation is 1. The van der Waals surface area contributed by atoms with Crippen molar-refractivity contribution in [2.24, 2.45) is 0 Å². The number of nitrogens with zero attached hydrogens (tertiary/aromatic N) is 3. The SMILES string of the molecule is Cc1nn(CC(O)CN(C)CC2CCCO2)c(C)c1N. The van der Waals surface area contributed by atoms with E-state index in [4.69, 9.17) is 10.5 Å². The maximum Gasteiger partial charge on any atom is 0.0862 e. The molecule has 2 heterocycles. The van der Waals surface area contributed by atoms with E-state index in [-0.39, 0.29) is 0 Å². The molecule has 2 unspecified atom stereocenters. The lowest BCUT2D eigenvalue weighted by Gasteiger charge is -2.23. The van der Waals surface area contributed by atoms with Crippen LogP contribution in [0.4, 0.5) is 5.69 Å². The van der Waals surface area contributed by atoms with Crippen LogP contribution in [-0.4, -0.2) is 58.7 Å². The highest BCUT2D eigenvalue weighted by Crippen LogP contribution is 2.16. The predicted molar refractivity (Wildman–Crippen MR) is 78.6 cm³/mol. The third kappa shape index (κ3) is 3.71. The van der Waals surface area contributed by atoms with Crippen LogP contribution in [-0.2, 0) is 11.3 Å². The van der Waals surface area contributed by atoms with Crippen LogP contribution in [0.2, 0.25) is 0 Å². The minimum absolute atomic E-state index is 0.316. The van der Waals surface area contributed by atoms with E-state index in [2.05, 4.69) is 10.00 Å². The second kappa shape index (κ2) is 6.56. The second-order valence-corrected chi connectivity index (χ2v) is 5.78. The van der Waals surface area contributed by atoms with Gasteiger partial charge in [-0.25, -0.2) is 0 Å². The van der Waals surface area contributed by atoms with Crippen LogP contribution in [0.3, 0.4) is 0 Å². The lowest BCUT2D eigenvalue weighted by Crippen LogP contribution is -2.36. The molecule has 1 aromatic rings. The Labute approximate surface area is 120 Å². The van der Waals surface area contributed by atoms with Gasteiger partial charge in [-0.15, -0.1) is 0 Å². The van der Waals surface area contributed by atoms with Crippen molar-refractivity contribution in [3.63, 3.8) is 0 Å². The first-order valence-corrected chi connectivity index (χ1v) is 7.25. The number of hydrogen-bond acceptors (Lipinski definition) is 5. The van der Waals surface area contributed by atoms with E-state index < -0.39 is 6.10 Å². The quantitative estimate of drug-likeness (QED) is 0.797. The molecule has 3 N–H and O–H groups in total. The van der Waals surface area contributed by atoms with E-state index in [1.54, 1.807) is 4.68 Å². The average molecular weight is 282 g/mol. The molecule has 2 rings (SSSR count). The van der Waals surface area contributed by atoms with E-state index in [0.717, 1.165) is 37.4 Å². The van der Waals surface area contributed by atoms with Crippen molar-refractivity contribution in [3.05, 3.63) is 11.4 Å². The van der Waals surface area contributed by atoms with Crippen molar-refractivity contribution in [1.29, 1.82) is 0 Å². The fraction of sp³-hybridized carbons (Fsp3) is 0.786. The highest BCUT2D eigenvalue weighted by Gasteiger charge is 2.19. The molecular weight excluding hydrogens is 256 g/mol. The average Bonchev–Trinajstić information content (AvgIpc) is 2.95. The van der Waals surface area contributed by atoms with Crippen LogP contribution in [0.5, 0.6) is 0 Å². The Balaban J connectivity index is 1.81. The highest BCUT2D eigenvalue weighted by atomic mass is 16.5. The predicted octanol–water partition coefficient (Wildman–Crippen LogP) is 0.554. The van der Waals surface area contributed by atoms with Crippen molar-refractivity contribution in [2.75, 3.05) is 32.5 Å². The minimum atomic E-state index is -0.459. The summed E-state index contributed by atoms with van der Waals surface area (Å²) in [6.07, 6.45) is 2.12. The van der Waals surface area contributed by atoms with Gasteiger partial charge in [-0.05, 0) is 33.7 Å². The molecule has 0 saturated carbocycles. The Morgan fingerprint density at radius 3 is 2.85 bits per heavy atom. The summed E-state index contributed by atoms with van der Waals surface area (Å²) in [5.74, 6) is 0. The maximum atomic E-state index is 10.2. The van der Waals surface area contributed by atoms with Crippen LogP contribution in [0.1, 0.15) is 24.2 Å². The van der Waals surface area contributed by atoms with Gasteiger partial charge in [-0.1, -0.05) is 0 Å². The second-order valence-electron chi connectivity index (χ2n) is 5.78. The Morgan fingerprint density at radius 2 is 2.30 bits per heavy atom. The summed E-state index contributed by atoms with van der Waals surface area (Å²) in [4.78, 5) is 2.12. The summed E-state index contributed by atoms with van der Waals surface area (Å²) >= 11 is 0. The molecule has 20 heavy (non-hydrogen) atoms. The Kier molecular flexibility index (Phi) is 5.01. The van der Waals surface area contributed by atoms with Gasteiger partial charge in [-0.2, -0.15) is 5.10 Å². The van der Waals surface area contributed by atoms with Crippen LogP contribution in [0, 0.1) is 13.8 Å². The Morgan fingerprint density at radius 1 is 1.55 bits per heavy atom. The van der Waals surface area contributed by atoms with E-state index in [1.807, 2.05) is 20.9 Å². The van der Waals surface area contributed by atoms with E-state index in [1.165, 1.54) is 0 Å². The van der Waals surface area contributed by atoms with Gasteiger partial charge in [0.25, 0.3) is 0 Å². The molecule has 0 amide bonds. The summed E-state index contributed by atoms with van der Waals surface area (Å²) in [5.41, 5.74) is 8.35. The van der Waals surface area contributed by atoms with Gasteiger partial charge < -0.3 is 20.5 Å². The molecule has 6 heteroatoms. The fourth-order valence-corrected chi connectivity index (χ4v) is 2.72. The maximum absolute atomic E-state index is 10.2.